The van der Waals surface area contributed by atoms with Crippen molar-refractivity contribution >= 4 is 39.8 Å². The van der Waals surface area contributed by atoms with Crippen LogP contribution in [0.2, 0.25) is 0 Å². The highest BCUT2D eigenvalue weighted by Gasteiger charge is 2.06. The summed E-state index contributed by atoms with van der Waals surface area (Å²) in [5, 5.41) is 6.56. The van der Waals surface area contributed by atoms with Crippen molar-refractivity contribution < 1.29 is 13.2 Å². The third kappa shape index (κ3) is 11.5. The lowest BCUT2D eigenvalue weighted by Crippen LogP contribution is -2.41. The Morgan fingerprint density at radius 3 is 2.33 bits per heavy atom. The predicted molar refractivity (Wildman–Crippen MR) is 122 cm³/mol. The summed E-state index contributed by atoms with van der Waals surface area (Å²) in [6.45, 7) is 4.25. The molecule has 9 heteroatoms. The van der Waals surface area contributed by atoms with Gasteiger partial charge in [-0.2, -0.15) is 0 Å². The fraction of sp³-hybridized carbons (Fsp3) is 0.611. The molecule has 1 rings (SSSR count). The van der Waals surface area contributed by atoms with Gasteiger partial charge in [-0.3, -0.25) is 4.99 Å². The molecule has 0 radical (unpaired) electrons. The molecule has 0 amide bonds. The summed E-state index contributed by atoms with van der Waals surface area (Å²) in [4.78, 5) is 6.82. The molecule has 0 aromatic heterocycles. The smallest absolute Gasteiger partial charge is 0.191 e. The highest BCUT2D eigenvalue weighted by atomic mass is 127. The molecule has 0 saturated carbocycles. The zero-order valence-electron chi connectivity index (χ0n) is 16.7. The van der Waals surface area contributed by atoms with Gasteiger partial charge >= 0.3 is 0 Å². The van der Waals surface area contributed by atoms with E-state index in [1.807, 2.05) is 12.1 Å². The van der Waals surface area contributed by atoms with Crippen molar-refractivity contribution in [3.63, 3.8) is 0 Å². The maximum Gasteiger partial charge on any atom is 0.191 e. The van der Waals surface area contributed by atoms with Crippen LogP contribution in [0.3, 0.4) is 0 Å². The number of likely N-dealkylation sites (N-methyl/N-ethyl adjacent to an activating group) is 1. The fourth-order valence-electron chi connectivity index (χ4n) is 2.40. The van der Waals surface area contributed by atoms with Gasteiger partial charge in [0.15, 0.2) is 15.8 Å². The minimum Gasteiger partial charge on any atom is -0.385 e. The summed E-state index contributed by atoms with van der Waals surface area (Å²) >= 11 is 0. The van der Waals surface area contributed by atoms with Crippen molar-refractivity contribution in [2.24, 2.45) is 4.99 Å². The molecule has 2 N–H and O–H groups in total. The lowest BCUT2D eigenvalue weighted by molar-refractivity contribution is 0.180. The normalized spacial score (nSPS) is 12.0. The molecule has 0 bridgehead atoms. The molecular formula is C18H33IN4O3S. The van der Waals surface area contributed by atoms with E-state index in [1.165, 1.54) is 6.26 Å². The molecule has 1 aromatic carbocycles. The zero-order valence-corrected chi connectivity index (χ0v) is 19.8. The van der Waals surface area contributed by atoms with Gasteiger partial charge in [0.2, 0.25) is 0 Å². The second-order valence-electron chi connectivity index (χ2n) is 6.24. The van der Waals surface area contributed by atoms with E-state index in [0.29, 0.717) is 4.90 Å². The Bertz CT molecular complexity index is 651. The van der Waals surface area contributed by atoms with Gasteiger partial charge in [-0.25, -0.2) is 8.42 Å². The van der Waals surface area contributed by atoms with Crippen molar-refractivity contribution in [2.75, 3.05) is 60.2 Å². The fourth-order valence-corrected chi connectivity index (χ4v) is 3.04. The van der Waals surface area contributed by atoms with Crippen LogP contribution in [-0.4, -0.2) is 79.5 Å². The van der Waals surface area contributed by atoms with Gasteiger partial charge in [0.05, 0.1) is 4.90 Å². The number of sulfone groups is 1. The first-order valence-electron chi connectivity index (χ1n) is 8.78. The summed E-state index contributed by atoms with van der Waals surface area (Å²) in [6.07, 6.45) is 3.04. The van der Waals surface area contributed by atoms with Gasteiger partial charge in [0, 0.05) is 53.2 Å². The van der Waals surface area contributed by atoms with Crippen molar-refractivity contribution in [3.8, 4) is 0 Å². The van der Waals surface area contributed by atoms with Crippen LogP contribution in [0.4, 0.5) is 0 Å². The van der Waals surface area contributed by atoms with E-state index < -0.39 is 9.84 Å². The molecule has 0 spiro atoms. The molecule has 0 heterocycles. The van der Waals surface area contributed by atoms with E-state index >= 15 is 0 Å². The van der Waals surface area contributed by atoms with E-state index in [-0.39, 0.29) is 24.0 Å². The number of aliphatic imine (C=N–C) groups is 1. The van der Waals surface area contributed by atoms with Gasteiger partial charge in [-0.05, 0) is 37.6 Å². The van der Waals surface area contributed by atoms with Crippen LogP contribution in [0.1, 0.15) is 12.0 Å². The van der Waals surface area contributed by atoms with E-state index in [9.17, 15) is 8.42 Å². The molecule has 1 aromatic rings. The molecule has 0 fully saturated rings. The number of nitrogens with zero attached hydrogens (tertiary/aromatic N) is 2. The second-order valence-corrected chi connectivity index (χ2v) is 8.26. The van der Waals surface area contributed by atoms with Crippen LogP contribution in [0.25, 0.3) is 0 Å². The standard InChI is InChI=1S/C18H32N4O3S.HI/c1-19-18(21-12-14-22(2)13-5-15-25-3)20-11-10-16-6-8-17(9-7-16)26(4,23)24;/h6-9H,5,10-15H2,1-4H3,(H2,19,20,21);1H. The predicted octanol–water partition coefficient (Wildman–Crippen LogP) is 1.38. The zero-order chi connectivity index (χ0) is 19.4. The van der Waals surface area contributed by atoms with E-state index in [2.05, 4.69) is 27.6 Å². The monoisotopic (exact) mass is 512 g/mol. The molecule has 0 aliphatic carbocycles. The average molecular weight is 512 g/mol. The number of nitrogens with one attached hydrogen (secondary N) is 2. The Labute approximate surface area is 180 Å². The number of hydrogen-bond acceptors (Lipinski definition) is 5. The number of benzene rings is 1. The largest absolute Gasteiger partial charge is 0.385 e. The van der Waals surface area contributed by atoms with Gasteiger partial charge in [0.25, 0.3) is 0 Å². The molecule has 0 unspecified atom stereocenters. The summed E-state index contributed by atoms with van der Waals surface area (Å²) in [5.41, 5.74) is 1.08. The van der Waals surface area contributed by atoms with Crippen LogP contribution in [0.5, 0.6) is 0 Å². The van der Waals surface area contributed by atoms with Crippen LogP contribution in [0.15, 0.2) is 34.2 Å². The lowest BCUT2D eigenvalue weighted by Gasteiger charge is -2.18. The Hall–Kier alpha value is -0.910. The number of hydrogen-bond donors (Lipinski definition) is 2. The van der Waals surface area contributed by atoms with E-state index in [1.54, 1.807) is 26.3 Å². The lowest BCUT2D eigenvalue weighted by atomic mass is 10.1. The van der Waals surface area contributed by atoms with Crippen molar-refractivity contribution in [1.82, 2.24) is 15.5 Å². The third-order valence-electron chi connectivity index (χ3n) is 3.96. The topological polar surface area (TPSA) is 83.0 Å². The number of halogens is 1. The molecule has 0 atom stereocenters. The molecule has 156 valence electrons. The van der Waals surface area contributed by atoms with Crippen LogP contribution < -0.4 is 10.6 Å². The maximum absolute atomic E-state index is 11.5. The molecular weight excluding hydrogens is 479 g/mol. The first-order chi connectivity index (χ1) is 12.4. The van der Waals surface area contributed by atoms with Gasteiger partial charge < -0.3 is 20.3 Å². The minimum absolute atomic E-state index is 0. The molecule has 7 nitrogen and oxygen atoms in total. The Morgan fingerprint density at radius 1 is 1.15 bits per heavy atom. The van der Waals surface area contributed by atoms with Crippen molar-refractivity contribution in [2.45, 2.75) is 17.7 Å². The van der Waals surface area contributed by atoms with E-state index in [0.717, 1.165) is 57.2 Å². The summed E-state index contributed by atoms with van der Waals surface area (Å²) in [7, 11) is 2.42. The highest BCUT2D eigenvalue weighted by Crippen LogP contribution is 2.10. The average Bonchev–Trinajstić information content (AvgIpc) is 2.60. The van der Waals surface area contributed by atoms with Crippen LogP contribution in [-0.2, 0) is 21.0 Å². The van der Waals surface area contributed by atoms with E-state index in [4.69, 9.17) is 4.74 Å². The minimum atomic E-state index is -3.14. The Balaban J connectivity index is 0.00000676. The van der Waals surface area contributed by atoms with Gasteiger partial charge in [0.1, 0.15) is 0 Å². The number of methoxy groups -OCH3 is 1. The second kappa shape index (κ2) is 14.1. The maximum atomic E-state index is 11.5. The molecule has 27 heavy (non-hydrogen) atoms. The Kier molecular flexibility index (Phi) is 13.7. The molecule has 0 aliphatic heterocycles. The van der Waals surface area contributed by atoms with Crippen molar-refractivity contribution in [1.29, 1.82) is 0 Å². The van der Waals surface area contributed by atoms with Gasteiger partial charge in [-0.15, -0.1) is 24.0 Å². The number of guanidine groups is 1. The number of ether oxygens (including phenoxy) is 1. The van der Waals surface area contributed by atoms with Gasteiger partial charge in [-0.1, -0.05) is 12.1 Å². The Morgan fingerprint density at radius 2 is 1.78 bits per heavy atom. The first-order valence-corrected chi connectivity index (χ1v) is 10.7. The van der Waals surface area contributed by atoms with Crippen LogP contribution in [0, 0.1) is 0 Å². The highest BCUT2D eigenvalue weighted by molar-refractivity contribution is 14.0. The quantitative estimate of drug-likeness (QED) is 0.202. The molecule has 0 aliphatic rings. The number of rotatable bonds is 11. The first kappa shape index (κ1) is 26.1. The molecule has 0 saturated heterocycles. The SMILES string of the molecule is CN=C(NCCc1ccc(S(C)(=O)=O)cc1)NCCN(C)CCCOC.I. The summed E-state index contributed by atoms with van der Waals surface area (Å²) in [6, 6.07) is 7.00. The summed E-state index contributed by atoms with van der Waals surface area (Å²) in [5.74, 6) is 0.767. The van der Waals surface area contributed by atoms with Crippen molar-refractivity contribution in [3.05, 3.63) is 29.8 Å². The van der Waals surface area contributed by atoms with Crippen LogP contribution >= 0.6 is 24.0 Å². The summed E-state index contributed by atoms with van der Waals surface area (Å²) < 4.78 is 28.0. The third-order valence-corrected chi connectivity index (χ3v) is 5.08.